The molecule has 1 heteroatoms. The Labute approximate surface area is 347 Å². The van der Waals surface area contributed by atoms with Crippen LogP contribution in [0.5, 0.6) is 0 Å². The molecule has 282 valence electrons. The van der Waals surface area contributed by atoms with E-state index in [1.807, 2.05) is 0 Å². The van der Waals surface area contributed by atoms with Gasteiger partial charge in [0.2, 0.25) is 0 Å². The first kappa shape index (κ1) is 35.2. The summed E-state index contributed by atoms with van der Waals surface area (Å²) in [6, 6.07) is 74.2. The van der Waals surface area contributed by atoms with Crippen molar-refractivity contribution < 1.29 is 0 Å². The lowest BCUT2D eigenvalue weighted by Gasteiger charge is -2.38. The van der Waals surface area contributed by atoms with Crippen molar-refractivity contribution in [3.8, 4) is 55.6 Å². The maximum atomic E-state index is 2.42. The number of benzene rings is 9. The highest BCUT2D eigenvalue weighted by atomic mass is 15.1. The Hall–Kier alpha value is -6.96. The molecule has 2 aliphatic rings. The van der Waals surface area contributed by atoms with Crippen LogP contribution in [0.15, 0.2) is 200 Å². The van der Waals surface area contributed by atoms with E-state index in [4.69, 9.17) is 0 Å². The summed E-state index contributed by atoms with van der Waals surface area (Å²) >= 11 is 0. The first-order valence-electron chi connectivity index (χ1n) is 20.8. The second kappa shape index (κ2) is 13.3. The van der Waals surface area contributed by atoms with E-state index in [1.165, 1.54) is 88.7 Å². The van der Waals surface area contributed by atoms with Crippen molar-refractivity contribution in [2.75, 3.05) is 4.90 Å². The second-order valence-electron chi connectivity index (χ2n) is 17.3. The summed E-state index contributed by atoms with van der Waals surface area (Å²) in [5.41, 5.74) is 21.4. The highest BCUT2D eigenvalue weighted by Crippen LogP contribution is 2.55. The smallest absolute Gasteiger partial charge is 0.0465 e. The van der Waals surface area contributed by atoms with Gasteiger partial charge in [0.15, 0.2) is 0 Å². The summed E-state index contributed by atoms with van der Waals surface area (Å²) in [5.74, 6) is 0. The average Bonchev–Trinajstić information content (AvgIpc) is 3.51. The van der Waals surface area contributed by atoms with Crippen LogP contribution in [0.2, 0.25) is 0 Å². The van der Waals surface area contributed by atoms with E-state index in [-0.39, 0.29) is 10.8 Å². The predicted molar refractivity (Wildman–Crippen MR) is 250 cm³/mol. The van der Waals surface area contributed by atoms with Crippen LogP contribution in [-0.4, -0.2) is 0 Å². The van der Waals surface area contributed by atoms with Gasteiger partial charge in [0.1, 0.15) is 0 Å². The maximum Gasteiger partial charge on any atom is 0.0465 e. The van der Waals surface area contributed by atoms with Crippen molar-refractivity contribution in [3.63, 3.8) is 0 Å². The molecule has 0 radical (unpaired) electrons. The minimum absolute atomic E-state index is 0.100. The van der Waals surface area contributed by atoms with Crippen molar-refractivity contribution >= 4 is 27.8 Å². The fourth-order valence-corrected chi connectivity index (χ4v) is 10.3. The van der Waals surface area contributed by atoms with Gasteiger partial charge in [0, 0.05) is 27.9 Å². The van der Waals surface area contributed by atoms with Crippen LogP contribution in [-0.2, 0) is 10.8 Å². The summed E-state index contributed by atoms with van der Waals surface area (Å²) < 4.78 is 0. The van der Waals surface area contributed by atoms with Crippen LogP contribution in [0.25, 0.3) is 66.4 Å². The first-order chi connectivity index (χ1) is 28.8. The molecule has 1 nitrogen and oxygen atoms in total. The van der Waals surface area contributed by atoms with E-state index in [0.29, 0.717) is 0 Å². The van der Waals surface area contributed by atoms with Crippen LogP contribution in [0, 0.1) is 0 Å². The molecule has 0 bridgehead atoms. The summed E-state index contributed by atoms with van der Waals surface area (Å²) in [6.45, 7) is 9.54. The molecule has 9 aromatic rings. The standard InChI is InChI=1S/C58H45N/c1-57(2)51-23-12-11-20-48(51)49-36-34-45(37-53(49)57)59(43-30-25-39(26-31-43)38-15-7-5-8-16-38)44-32-27-41(28-33-44)47-21-14-22-50-55-46(40-17-9-6-10-18-40)35-29-42-19-13-24-52(54(42)55)58(3,4)56(47)50/h5-37H,1-4H3. The molecule has 0 fully saturated rings. The molecule has 9 aromatic carbocycles. The maximum absolute atomic E-state index is 2.42. The van der Waals surface area contributed by atoms with Crippen LogP contribution >= 0.6 is 0 Å². The molecule has 0 saturated carbocycles. The van der Waals surface area contributed by atoms with Crippen molar-refractivity contribution in [2.24, 2.45) is 0 Å². The van der Waals surface area contributed by atoms with E-state index in [0.717, 1.165) is 17.1 Å². The summed E-state index contributed by atoms with van der Waals surface area (Å²) in [5, 5.41) is 2.66. The van der Waals surface area contributed by atoms with Gasteiger partial charge in [0.05, 0.1) is 0 Å². The third-order valence-electron chi connectivity index (χ3n) is 13.3. The van der Waals surface area contributed by atoms with Crippen molar-refractivity contribution in [1.29, 1.82) is 0 Å². The molecule has 0 aromatic heterocycles. The normalized spacial score (nSPS) is 14.0. The Morgan fingerprint density at radius 3 is 1.56 bits per heavy atom. The number of hydrogen-bond donors (Lipinski definition) is 0. The zero-order chi connectivity index (χ0) is 39.9. The molecule has 0 saturated heterocycles. The lowest BCUT2D eigenvalue weighted by atomic mass is 9.65. The largest absolute Gasteiger partial charge is 0.310 e. The fourth-order valence-electron chi connectivity index (χ4n) is 10.3. The molecule has 0 N–H and O–H groups in total. The zero-order valence-electron chi connectivity index (χ0n) is 34.0. The van der Waals surface area contributed by atoms with Gasteiger partial charge in [-0.15, -0.1) is 0 Å². The zero-order valence-corrected chi connectivity index (χ0v) is 34.0. The van der Waals surface area contributed by atoms with Crippen LogP contribution in [0.1, 0.15) is 49.9 Å². The van der Waals surface area contributed by atoms with Gasteiger partial charge >= 0.3 is 0 Å². The molecular weight excluding hydrogens is 711 g/mol. The molecule has 0 aliphatic heterocycles. The molecular formula is C58H45N. The third-order valence-corrected chi connectivity index (χ3v) is 13.3. The van der Waals surface area contributed by atoms with Gasteiger partial charge < -0.3 is 4.90 Å². The first-order valence-corrected chi connectivity index (χ1v) is 20.8. The number of hydrogen-bond acceptors (Lipinski definition) is 1. The third kappa shape index (κ3) is 5.45. The summed E-state index contributed by atoms with van der Waals surface area (Å²) in [4.78, 5) is 2.42. The fraction of sp³-hybridized carbons (Fsp3) is 0.103. The van der Waals surface area contributed by atoms with E-state index < -0.39 is 0 Å². The van der Waals surface area contributed by atoms with Crippen molar-refractivity contribution in [2.45, 2.75) is 38.5 Å². The molecule has 0 heterocycles. The summed E-state index contributed by atoms with van der Waals surface area (Å²) in [6.07, 6.45) is 0. The Balaban J connectivity index is 1.05. The minimum Gasteiger partial charge on any atom is -0.310 e. The van der Waals surface area contributed by atoms with Gasteiger partial charge in [-0.3, -0.25) is 0 Å². The highest BCUT2D eigenvalue weighted by Gasteiger charge is 2.38. The van der Waals surface area contributed by atoms with Gasteiger partial charge in [-0.2, -0.15) is 0 Å². The lowest BCUT2D eigenvalue weighted by Crippen LogP contribution is -2.25. The monoisotopic (exact) mass is 755 g/mol. The van der Waals surface area contributed by atoms with E-state index in [1.54, 1.807) is 0 Å². The van der Waals surface area contributed by atoms with Gasteiger partial charge in [-0.25, -0.2) is 0 Å². The van der Waals surface area contributed by atoms with Gasteiger partial charge in [-0.1, -0.05) is 191 Å². The predicted octanol–water partition coefficient (Wildman–Crippen LogP) is 15.9. The number of rotatable bonds is 6. The van der Waals surface area contributed by atoms with Crippen molar-refractivity contribution in [1.82, 2.24) is 0 Å². The molecule has 0 spiro atoms. The van der Waals surface area contributed by atoms with E-state index in [2.05, 4.69) is 233 Å². The van der Waals surface area contributed by atoms with Gasteiger partial charge in [-0.05, 0) is 125 Å². The molecule has 0 unspecified atom stereocenters. The number of nitrogens with zero attached hydrogens (tertiary/aromatic N) is 1. The quantitative estimate of drug-likeness (QED) is 0.163. The van der Waals surface area contributed by atoms with E-state index >= 15 is 0 Å². The molecule has 0 amide bonds. The minimum atomic E-state index is -0.215. The lowest BCUT2D eigenvalue weighted by molar-refractivity contribution is 0.647. The Bertz CT molecular complexity index is 3060. The van der Waals surface area contributed by atoms with E-state index in [9.17, 15) is 0 Å². The number of fused-ring (bicyclic) bond motifs is 5. The SMILES string of the molecule is CC1(C)c2ccccc2-c2ccc(N(c3ccc(-c4ccccc4)cc3)c3ccc(-c4cccc5c4C(C)(C)c4cccc6ccc(-c7ccccc7)c-5c46)cc3)cc21. The highest BCUT2D eigenvalue weighted by molar-refractivity contribution is 6.10. The molecule has 59 heavy (non-hydrogen) atoms. The van der Waals surface area contributed by atoms with Crippen LogP contribution in [0.4, 0.5) is 17.1 Å². The molecule has 11 rings (SSSR count). The topological polar surface area (TPSA) is 3.24 Å². The Morgan fingerprint density at radius 1 is 0.322 bits per heavy atom. The average molecular weight is 756 g/mol. The Kier molecular flexibility index (Phi) is 7.94. The Morgan fingerprint density at radius 2 is 0.831 bits per heavy atom. The van der Waals surface area contributed by atoms with Gasteiger partial charge in [0.25, 0.3) is 0 Å². The van der Waals surface area contributed by atoms with Crippen molar-refractivity contribution in [3.05, 3.63) is 222 Å². The van der Waals surface area contributed by atoms with Crippen LogP contribution in [0.3, 0.4) is 0 Å². The van der Waals surface area contributed by atoms with Crippen LogP contribution < -0.4 is 4.90 Å². The molecule has 0 atom stereocenters. The number of anilines is 3. The second-order valence-corrected chi connectivity index (χ2v) is 17.3. The molecule has 2 aliphatic carbocycles. The summed E-state index contributed by atoms with van der Waals surface area (Å²) in [7, 11) is 0.